The summed E-state index contributed by atoms with van der Waals surface area (Å²) in [6, 6.07) is 8.74. The first-order valence-corrected chi connectivity index (χ1v) is 10.6. The van der Waals surface area contributed by atoms with E-state index in [0.29, 0.717) is 6.04 Å². The van der Waals surface area contributed by atoms with E-state index in [1.807, 2.05) is 12.1 Å². The maximum absolute atomic E-state index is 5.32. The molecule has 6 nitrogen and oxygen atoms in total. The molecule has 28 heavy (non-hydrogen) atoms. The van der Waals surface area contributed by atoms with Gasteiger partial charge in [0.1, 0.15) is 5.75 Å². The summed E-state index contributed by atoms with van der Waals surface area (Å²) < 4.78 is 5.32. The Kier molecular flexibility index (Phi) is 9.06. The molecule has 2 rings (SSSR count). The van der Waals surface area contributed by atoms with Crippen molar-refractivity contribution in [2.45, 2.75) is 52.1 Å². The van der Waals surface area contributed by atoms with Crippen LogP contribution in [-0.2, 0) is 0 Å². The third kappa shape index (κ3) is 7.68. The Balaban J connectivity index is 2.02. The van der Waals surface area contributed by atoms with Gasteiger partial charge in [-0.05, 0) is 71.3 Å². The van der Waals surface area contributed by atoms with Crippen LogP contribution in [-0.4, -0.2) is 62.8 Å². The lowest BCUT2D eigenvalue weighted by atomic mass is 10.1. The molecule has 0 amide bonds. The number of ether oxygens (including phenoxy) is 1. The monoisotopic (exact) mass is 389 g/mol. The number of nitrogens with zero attached hydrogens (tertiary/aromatic N) is 2. The number of aliphatic imine (C=N–C) groups is 1. The van der Waals surface area contributed by atoms with Crippen LogP contribution in [0.4, 0.5) is 0 Å². The second kappa shape index (κ2) is 11.3. The standard InChI is InChI=1S/C22H39N5O/c1-6-23-21(24-13-14-26-22(2,3)4)25-17-20(27-15-7-8-16-27)18-9-11-19(28-5)12-10-18/h9-12,20,26H,6-8,13-17H2,1-5H3,(H2,23,24,25). The highest BCUT2D eigenvalue weighted by atomic mass is 16.5. The molecule has 1 heterocycles. The summed E-state index contributed by atoms with van der Waals surface area (Å²) >= 11 is 0. The third-order valence-electron chi connectivity index (χ3n) is 4.92. The lowest BCUT2D eigenvalue weighted by molar-refractivity contribution is 0.251. The summed E-state index contributed by atoms with van der Waals surface area (Å²) in [5.74, 6) is 1.78. The minimum absolute atomic E-state index is 0.131. The topological polar surface area (TPSA) is 60.9 Å². The Labute approximate surface area is 171 Å². The van der Waals surface area contributed by atoms with Crippen molar-refractivity contribution in [1.82, 2.24) is 20.9 Å². The van der Waals surface area contributed by atoms with E-state index in [9.17, 15) is 0 Å². The first-order chi connectivity index (χ1) is 13.4. The predicted octanol–water partition coefficient (Wildman–Crippen LogP) is 2.78. The number of rotatable bonds is 9. The van der Waals surface area contributed by atoms with Gasteiger partial charge in [-0.2, -0.15) is 0 Å². The Bertz CT molecular complexity index is 588. The molecule has 0 saturated carbocycles. The molecule has 1 saturated heterocycles. The summed E-state index contributed by atoms with van der Waals surface area (Å²) in [7, 11) is 1.71. The predicted molar refractivity (Wildman–Crippen MR) is 118 cm³/mol. The summed E-state index contributed by atoms with van der Waals surface area (Å²) in [6.45, 7) is 14.3. The van der Waals surface area contributed by atoms with E-state index in [2.05, 4.69) is 60.7 Å². The summed E-state index contributed by atoms with van der Waals surface area (Å²) in [5.41, 5.74) is 1.43. The second-order valence-electron chi connectivity index (χ2n) is 8.36. The largest absolute Gasteiger partial charge is 0.497 e. The van der Waals surface area contributed by atoms with Crippen molar-refractivity contribution in [3.05, 3.63) is 29.8 Å². The normalized spacial score (nSPS) is 16.8. The van der Waals surface area contributed by atoms with Gasteiger partial charge in [0, 0.05) is 25.2 Å². The van der Waals surface area contributed by atoms with Gasteiger partial charge in [-0.3, -0.25) is 9.89 Å². The fourth-order valence-electron chi connectivity index (χ4n) is 3.45. The Morgan fingerprint density at radius 2 is 1.79 bits per heavy atom. The smallest absolute Gasteiger partial charge is 0.191 e. The minimum atomic E-state index is 0.131. The van der Waals surface area contributed by atoms with Gasteiger partial charge < -0.3 is 20.7 Å². The number of hydrogen-bond acceptors (Lipinski definition) is 4. The van der Waals surface area contributed by atoms with Crippen LogP contribution in [0.1, 0.15) is 52.1 Å². The van der Waals surface area contributed by atoms with Gasteiger partial charge in [0.05, 0.1) is 19.7 Å². The molecule has 1 aromatic rings. The van der Waals surface area contributed by atoms with E-state index in [1.165, 1.54) is 18.4 Å². The molecule has 6 heteroatoms. The van der Waals surface area contributed by atoms with Gasteiger partial charge in [0.15, 0.2) is 5.96 Å². The van der Waals surface area contributed by atoms with Crippen molar-refractivity contribution in [3.63, 3.8) is 0 Å². The average molecular weight is 390 g/mol. The molecule has 0 radical (unpaired) electrons. The summed E-state index contributed by atoms with van der Waals surface area (Å²) in [5, 5.41) is 10.3. The van der Waals surface area contributed by atoms with E-state index in [4.69, 9.17) is 9.73 Å². The summed E-state index contributed by atoms with van der Waals surface area (Å²) in [6.07, 6.45) is 2.54. The van der Waals surface area contributed by atoms with Crippen molar-refractivity contribution < 1.29 is 4.74 Å². The summed E-state index contributed by atoms with van der Waals surface area (Å²) in [4.78, 5) is 7.46. The van der Waals surface area contributed by atoms with Crippen LogP contribution in [0.3, 0.4) is 0 Å². The molecule has 158 valence electrons. The van der Waals surface area contributed by atoms with Crippen LogP contribution in [0.15, 0.2) is 29.3 Å². The molecular weight excluding hydrogens is 350 g/mol. The number of methoxy groups -OCH3 is 1. The van der Waals surface area contributed by atoms with Crippen molar-refractivity contribution in [3.8, 4) is 5.75 Å². The van der Waals surface area contributed by atoms with Gasteiger partial charge in [0.25, 0.3) is 0 Å². The maximum atomic E-state index is 5.32. The Morgan fingerprint density at radius 3 is 2.36 bits per heavy atom. The second-order valence-corrected chi connectivity index (χ2v) is 8.36. The molecule has 0 aromatic heterocycles. The van der Waals surface area contributed by atoms with Crippen LogP contribution in [0, 0.1) is 0 Å². The lowest BCUT2D eigenvalue weighted by Gasteiger charge is -2.27. The molecular formula is C22H39N5O. The Morgan fingerprint density at radius 1 is 1.11 bits per heavy atom. The van der Waals surface area contributed by atoms with Crippen molar-refractivity contribution in [1.29, 1.82) is 0 Å². The zero-order valence-electron chi connectivity index (χ0n) is 18.3. The number of guanidine groups is 1. The Hall–Kier alpha value is -1.79. The van der Waals surface area contributed by atoms with Gasteiger partial charge in [-0.15, -0.1) is 0 Å². The quantitative estimate of drug-likeness (QED) is 0.344. The van der Waals surface area contributed by atoms with E-state index >= 15 is 0 Å². The molecule has 0 aliphatic carbocycles. The molecule has 0 spiro atoms. The zero-order chi connectivity index (χ0) is 20.4. The molecule has 1 aromatic carbocycles. The van der Waals surface area contributed by atoms with E-state index in [0.717, 1.165) is 51.0 Å². The van der Waals surface area contributed by atoms with Crippen LogP contribution >= 0.6 is 0 Å². The van der Waals surface area contributed by atoms with Gasteiger partial charge in [-0.1, -0.05) is 12.1 Å². The third-order valence-corrected chi connectivity index (χ3v) is 4.92. The fourth-order valence-corrected chi connectivity index (χ4v) is 3.45. The van der Waals surface area contributed by atoms with Gasteiger partial charge in [-0.25, -0.2) is 0 Å². The van der Waals surface area contributed by atoms with E-state index < -0.39 is 0 Å². The highest BCUT2D eigenvalue weighted by Gasteiger charge is 2.23. The number of benzene rings is 1. The van der Waals surface area contributed by atoms with Crippen LogP contribution in [0.2, 0.25) is 0 Å². The first kappa shape index (κ1) is 22.5. The van der Waals surface area contributed by atoms with E-state index in [1.54, 1.807) is 7.11 Å². The number of nitrogens with one attached hydrogen (secondary N) is 3. The first-order valence-electron chi connectivity index (χ1n) is 10.6. The SMILES string of the molecule is CCNC(=NCC(c1ccc(OC)cc1)N1CCCC1)NCCNC(C)(C)C. The lowest BCUT2D eigenvalue weighted by Crippen LogP contribution is -2.44. The molecule has 0 bridgehead atoms. The van der Waals surface area contributed by atoms with Crippen LogP contribution in [0.5, 0.6) is 5.75 Å². The fraction of sp³-hybridized carbons (Fsp3) is 0.682. The van der Waals surface area contributed by atoms with Gasteiger partial charge in [0.2, 0.25) is 0 Å². The molecule has 1 aliphatic heterocycles. The number of likely N-dealkylation sites (tertiary alicyclic amines) is 1. The van der Waals surface area contributed by atoms with Gasteiger partial charge >= 0.3 is 0 Å². The number of hydrogen-bond donors (Lipinski definition) is 3. The molecule has 1 aliphatic rings. The molecule has 1 unspecified atom stereocenters. The molecule has 1 atom stereocenters. The van der Waals surface area contributed by atoms with Crippen molar-refractivity contribution >= 4 is 5.96 Å². The van der Waals surface area contributed by atoms with E-state index in [-0.39, 0.29) is 5.54 Å². The van der Waals surface area contributed by atoms with Crippen molar-refractivity contribution in [2.75, 3.05) is 46.4 Å². The highest BCUT2D eigenvalue weighted by Crippen LogP contribution is 2.27. The zero-order valence-corrected chi connectivity index (χ0v) is 18.3. The molecule has 1 fully saturated rings. The van der Waals surface area contributed by atoms with Crippen molar-refractivity contribution in [2.24, 2.45) is 4.99 Å². The van der Waals surface area contributed by atoms with Crippen LogP contribution in [0.25, 0.3) is 0 Å². The van der Waals surface area contributed by atoms with Crippen LogP contribution < -0.4 is 20.7 Å². The maximum Gasteiger partial charge on any atom is 0.191 e. The minimum Gasteiger partial charge on any atom is -0.497 e. The highest BCUT2D eigenvalue weighted by molar-refractivity contribution is 5.79. The molecule has 3 N–H and O–H groups in total. The average Bonchev–Trinajstić information content (AvgIpc) is 3.19.